The Hall–Kier alpha value is -1.98. The average molecular weight is 341 g/mol. The lowest BCUT2D eigenvalue weighted by Crippen LogP contribution is -2.47. The molecule has 0 aliphatic carbocycles. The van der Waals surface area contributed by atoms with Crippen LogP contribution in [0.3, 0.4) is 0 Å². The molecule has 1 aliphatic heterocycles. The number of amides is 1. The van der Waals surface area contributed by atoms with Crippen molar-refractivity contribution in [3.05, 3.63) is 57.6 Å². The minimum absolute atomic E-state index is 0.0978. The Balaban J connectivity index is 1.49. The summed E-state index contributed by atoms with van der Waals surface area (Å²) in [7, 11) is 0. The van der Waals surface area contributed by atoms with Gasteiger partial charge in [0.25, 0.3) is 0 Å². The van der Waals surface area contributed by atoms with E-state index in [1.54, 1.807) is 17.4 Å². The normalized spacial score (nSPS) is 16.0. The van der Waals surface area contributed by atoms with Gasteiger partial charge in [0.05, 0.1) is 10.7 Å². The van der Waals surface area contributed by atoms with Crippen LogP contribution in [0.2, 0.25) is 0 Å². The first kappa shape index (κ1) is 16.9. The second-order valence-corrected chi connectivity index (χ2v) is 7.27. The molecule has 0 saturated carbocycles. The van der Waals surface area contributed by atoms with Crippen LogP contribution in [0.15, 0.2) is 35.7 Å². The minimum atomic E-state index is 0.0978. The van der Waals surface area contributed by atoms with Crippen LogP contribution in [-0.4, -0.2) is 46.9 Å². The van der Waals surface area contributed by atoms with Crippen LogP contribution in [-0.2, 0) is 11.3 Å². The molecule has 0 unspecified atom stereocenters. The Bertz CT molecular complexity index is 730. The third-order valence-electron chi connectivity index (χ3n) is 4.20. The summed E-state index contributed by atoms with van der Waals surface area (Å²) >= 11 is 1.69. The number of aromatic nitrogens is 1. The topological polar surface area (TPSA) is 36.4 Å². The summed E-state index contributed by atoms with van der Waals surface area (Å²) in [5.74, 6) is 0.0978. The van der Waals surface area contributed by atoms with Gasteiger partial charge in [-0.1, -0.05) is 29.8 Å². The largest absolute Gasteiger partial charge is 0.337 e. The fourth-order valence-corrected chi connectivity index (χ4v) is 3.49. The maximum absolute atomic E-state index is 12.3. The predicted molar refractivity (Wildman–Crippen MR) is 98.9 cm³/mol. The first-order valence-corrected chi connectivity index (χ1v) is 9.15. The summed E-state index contributed by atoms with van der Waals surface area (Å²) in [6.07, 6.45) is 3.59. The highest BCUT2D eigenvalue weighted by Crippen LogP contribution is 2.13. The van der Waals surface area contributed by atoms with Crippen LogP contribution < -0.4 is 0 Å². The summed E-state index contributed by atoms with van der Waals surface area (Å²) in [5, 5.41) is 3.23. The molecule has 0 radical (unpaired) electrons. The van der Waals surface area contributed by atoms with Crippen LogP contribution in [0.25, 0.3) is 6.08 Å². The van der Waals surface area contributed by atoms with Crippen LogP contribution in [0.4, 0.5) is 0 Å². The molecule has 1 amide bonds. The molecule has 1 fully saturated rings. The second kappa shape index (κ2) is 7.73. The van der Waals surface area contributed by atoms with Crippen LogP contribution >= 0.6 is 11.3 Å². The Kier molecular flexibility index (Phi) is 5.43. The number of carbonyl (C=O) groups excluding carboxylic acids is 1. The van der Waals surface area contributed by atoms with E-state index in [4.69, 9.17) is 0 Å². The van der Waals surface area contributed by atoms with Gasteiger partial charge in [-0.15, -0.1) is 11.3 Å². The van der Waals surface area contributed by atoms with E-state index >= 15 is 0 Å². The van der Waals surface area contributed by atoms with Gasteiger partial charge in [0.15, 0.2) is 0 Å². The molecule has 1 aromatic heterocycles. The van der Waals surface area contributed by atoms with Crippen molar-refractivity contribution in [2.45, 2.75) is 20.4 Å². The number of benzene rings is 1. The first-order valence-electron chi connectivity index (χ1n) is 8.27. The quantitative estimate of drug-likeness (QED) is 0.802. The van der Waals surface area contributed by atoms with Gasteiger partial charge in [-0.2, -0.15) is 0 Å². The highest BCUT2D eigenvalue weighted by molar-refractivity contribution is 7.09. The zero-order valence-electron chi connectivity index (χ0n) is 14.2. The maximum atomic E-state index is 12.3. The third-order valence-corrected chi connectivity index (χ3v) is 5.02. The molecule has 0 atom stereocenters. The summed E-state index contributed by atoms with van der Waals surface area (Å²) < 4.78 is 0. The van der Waals surface area contributed by atoms with E-state index in [-0.39, 0.29) is 5.91 Å². The van der Waals surface area contributed by atoms with Crippen molar-refractivity contribution in [2.75, 3.05) is 26.2 Å². The molecular formula is C19H23N3OS. The highest BCUT2D eigenvalue weighted by atomic mass is 32.1. The van der Waals surface area contributed by atoms with Crippen molar-refractivity contribution in [3.8, 4) is 0 Å². The van der Waals surface area contributed by atoms with Crippen LogP contribution in [0.5, 0.6) is 0 Å². The number of carbonyl (C=O) groups is 1. The van der Waals surface area contributed by atoms with Crippen LogP contribution in [0.1, 0.15) is 21.8 Å². The summed E-state index contributed by atoms with van der Waals surface area (Å²) in [5.41, 5.74) is 3.41. The van der Waals surface area contributed by atoms with Gasteiger partial charge in [0.2, 0.25) is 5.91 Å². The van der Waals surface area contributed by atoms with Crippen molar-refractivity contribution >= 4 is 23.3 Å². The third kappa shape index (κ3) is 4.52. The number of rotatable bonds is 4. The molecule has 126 valence electrons. The fourth-order valence-electron chi connectivity index (χ4n) is 2.88. The zero-order chi connectivity index (χ0) is 16.9. The van der Waals surface area contributed by atoms with Gasteiger partial charge in [0, 0.05) is 44.2 Å². The van der Waals surface area contributed by atoms with Gasteiger partial charge in [0.1, 0.15) is 0 Å². The van der Waals surface area contributed by atoms with Crippen molar-refractivity contribution < 1.29 is 4.79 Å². The number of hydrogen-bond acceptors (Lipinski definition) is 4. The lowest BCUT2D eigenvalue weighted by molar-refractivity contribution is -0.127. The van der Waals surface area contributed by atoms with Gasteiger partial charge >= 0.3 is 0 Å². The van der Waals surface area contributed by atoms with Gasteiger partial charge in [-0.25, -0.2) is 4.98 Å². The molecule has 1 aromatic carbocycles. The van der Waals surface area contributed by atoms with Crippen molar-refractivity contribution in [3.63, 3.8) is 0 Å². The Labute approximate surface area is 147 Å². The SMILES string of the molecule is Cc1cccc(/C=C/C(=O)N2CCN(Cc3csc(C)n3)CC2)c1. The molecule has 1 saturated heterocycles. The number of thiazole rings is 1. The summed E-state index contributed by atoms with van der Waals surface area (Å²) in [4.78, 5) is 21.1. The number of hydrogen-bond donors (Lipinski definition) is 0. The van der Waals surface area contributed by atoms with E-state index in [2.05, 4.69) is 34.3 Å². The van der Waals surface area contributed by atoms with Crippen LogP contribution in [0, 0.1) is 13.8 Å². The predicted octanol–water partition coefficient (Wildman–Crippen LogP) is 3.12. The van der Waals surface area contributed by atoms with Gasteiger partial charge in [-0.3, -0.25) is 9.69 Å². The number of piperazine rings is 1. The summed E-state index contributed by atoms with van der Waals surface area (Å²) in [6.45, 7) is 8.33. The lowest BCUT2D eigenvalue weighted by Gasteiger charge is -2.33. The molecule has 4 nitrogen and oxygen atoms in total. The van der Waals surface area contributed by atoms with E-state index in [1.807, 2.05) is 30.0 Å². The molecule has 2 aromatic rings. The lowest BCUT2D eigenvalue weighted by atomic mass is 10.1. The monoisotopic (exact) mass is 341 g/mol. The molecule has 0 N–H and O–H groups in total. The first-order chi connectivity index (χ1) is 11.6. The standard InChI is InChI=1S/C19H23N3OS/c1-15-4-3-5-17(12-15)6-7-19(23)22-10-8-21(9-11-22)13-18-14-24-16(2)20-18/h3-7,12,14H,8-11,13H2,1-2H3/b7-6+. The summed E-state index contributed by atoms with van der Waals surface area (Å²) in [6, 6.07) is 8.17. The molecule has 1 aliphatic rings. The van der Waals surface area contributed by atoms with Crippen molar-refractivity contribution in [2.24, 2.45) is 0 Å². The molecule has 2 heterocycles. The fraction of sp³-hybridized carbons (Fsp3) is 0.368. The maximum Gasteiger partial charge on any atom is 0.246 e. The Morgan fingerprint density at radius 3 is 2.71 bits per heavy atom. The average Bonchev–Trinajstić information content (AvgIpc) is 2.98. The van der Waals surface area contributed by atoms with Gasteiger partial charge in [-0.05, 0) is 25.5 Å². The highest BCUT2D eigenvalue weighted by Gasteiger charge is 2.20. The Morgan fingerprint density at radius 1 is 1.25 bits per heavy atom. The minimum Gasteiger partial charge on any atom is -0.337 e. The molecule has 3 rings (SSSR count). The molecule has 24 heavy (non-hydrogen) atoms. The van der Waals surface area contributed by atoms with E-state index in [9.17, 15) is 4.79 Å². The number of nitrogens with zero attached hydrogens (tertiary/aromatic N) is 3. The van der Waals surface area contributed by atoms with E-state index in [0.29, 0.717) is 0 Å². The molecule has 0 bridgehead atoms. The van der Waals surface area contributed by atoms with E-state index in [0.717, 1.165) is 49.0 Å². The smallest absolute Gasteiger partial charge is 0.246 e. The van der Waals surface area contributed by atoms with Crippen molar-refractivity contribution in [1.82, 2.24) is 14.8 Å². The van der Waals surface area contributed by atoms with Crippen molar-refractivity contribution in [1.29, 1.82) is 0 Å². The number of aryl methyl sites for hydroxylation is 2. The molecule has 0 spiro atoms. The second-order valence-electron chi connectivity index (χ2n) is 6.21. The molecule has 5 heteroatoms. The zero-order valence-corrected chi connectivity index (χ0v) is 15.1. The molecular weight excluding hydrogens is 318 g/mol. The van der Waals surface area contributed by atoms with Gasteiger partial charge < -0.3 is 4.90 Å². The van der Waals surface area contributed by atoms with E-state index < -0.39 is 0 Å². The van der Waals surface area contributed by atoms with E-state index in [1.165, 1.54) is 5.56 Å². The Morgan fingerprint density at radius 2 is 2.04 bits per heavy atom.